The molecule has 0 heterocycles. The molecule has 5 nitrogen and oxygen atoms in total. The van der Waals surface area contributed by atoms with E-state index in [1.807, 2.05) is 24.3 Å². The minimum atomic E-state index is -0.469. The number of benzene rings is 1. The molecular formula is C12H16BrNO4. The lowest BCUT2D eigenvalue weighted by atomic mass is 10.3. The molecule has 6 heteroatoms. The van der Waals surface area contributed by atoms with Gasteiger partial charge in [-0.25, -0.2) is 4.79 Å². The molecule has 1 rings (SSSR count). The van der Waals surface area contributed by atoms with Gasteiger partial charge in [0.2, 0.25) is 0 Å². The van der Waals surface area contributed by atoms with E-state index < -0.39 is 6.09 Å². The molecule has 0 radical (unpaired) electrons. The van der Waals surface area contributed by atoms with Crippen LogP contribution >= 0.6 is 15.9 Å². The summed E-state index contributed by atoms with van der Waals surface area (Å²) in [7, 11) is 1.62. The molecule has 0 aliphatic carbocycles. The van der Waals surface area contributed by atoms with Gasteiger partial charge in [0, 0.05) is 11.5 Å². The Morgan fingerprint density at radius 2 is 2.00 bits per heavy atom. The zero-order valence-electron chi connectivity index (χ0n) is 10.1. The zero-order chi connectivity index (χ0) is 13.4. The van der Waals surface area contributed by atoms with Gasteiger partial charge in [0.15, 0.2) is 0 Å². The van der Waals surface area contributed by atoms with E-state index in [9.17, 15) is 4.79 Å². The van der Waals surface area contributed by atoms with Crippen molar-refractivity contribution in [1.82, 2.24) is 4.90 Å². The monoisotopic (exact) mass is 317 g/mol. The van der Waals surface area contributed by atoms with Crippen LogP contribution in [-0.2, 0) is 4.74 Å². The molecule has 1 N–H and O–H groups in total. The highest BCUT2D eigenvalue weighted by Gasteiger charge is 2.09. The largest absolute Gasteiger partial charge is 0.492 e. The Morgan fingerprint density at radius 1 is 1.33 bits per heavy atom. The Labute approximate surface area is 114 Å². The number of amides is 1. The number of nitrogens with zero attached hydrogens (tertiary/aromatic N) is 1. The van der Waals surface area contributed by atoms with E-state index in [1.54, 1.807) is 7.05 Å². The van der Waals surface area contributed by atoms with Gasteiger partial charge in [0.25, 0.3) is 0 Å². The highest BCUT2D eigenvalue weighted by Crippen LogP contribution is 2.15. The predicted octanol–water partition coefficient (Wildman–Crippen LogP) is 1.89. The Hall–Kier alpha value is -1.27. The van der Waals surface area contributed by atoms with E-state index in [2.05, 4.69) is 15.9 Å². The molecule has 0 saturated carbocycles. The SMILES string of the molecule is CN(CCOc1ccc(Br)cc1)C(=O)OCCO. The van der Waals surface area contributed by atoms with Gasteiger partial charge in [-0.05, 0) is 24.3 Å². The molecule has 100 valence electrons. The summed E-state index contributed by atoms with van der Waals surface area (Å²) in [5, 5.41) is 8.52. The Kier molecular flexibility index (Phi) is 6.53. The second kappa shape index (κ2) is 7.94. The molecule has 0 unspecified atom stereocenters. The minimum Gasteiger partial charge on any atom is -0.492 e. The maximum atomic E-state index is 11.3. The minimum absolute atomic E-state index is 0.0107. The van der Waals surface area contributed by atoms with E-state index in [-0.39, 0.29) is 13.2 Å². The van der Waals surface area contributed by atoms with Gasteiger partial charge in [-0.2, -0.15) is 0 Å². The molecule has 0 aliphatic heterocycles. The fourth-order valence-electron chi connectivity index (χ4n) is 1.17. The summed E-state index contributed by atoms with van der Waals surface area (Å²) in [6.45, 7) is 0.637. The van der Waals surface area contributed by atoms with Crippen LogP contribution < -0.4 is 4.74 Å². The molecule has 1 aromatic rings. The van der Waals surface area contributed by atoms with Crippen molar-refractivity contribution in [2.75, 3.05) is 33.4 Å². The summed E-state index contributed by atoms with van der Waals surface area (Å²) in [4.78, 5) is 12.7. The summed E-state index contributed by atoms with van der Waals surface area (Å²) in [5.41, 5.74) is 0. The summed E-state index contributed by atoms with van der Waals surface area (Å²) in [6, 6.07) is 7.45. The third kappa shape index (κ3) is 5.37. The average molecular weight is 318 g/mol. The van der Waals surface area contributed by atoms with E-state index in [0.29, 0.717) is 13.2 Å². The first-order valence-electron chi connectivity index (χ1n) is 5.50. The number of hydrogen-bond acceptors (Lipinski definition) is 4. The number of carbonyl (C=O) groups excluding carboxylic acids is 1. The lowest BCUT2D eigenvalue weighted by Gasteiger charge is -2.16. The molecule has 0 saturated heterocycles. The fourth-order valence-corrected chi connectivity index (χ4v) is 1.43. The van der Waals surface area contributed by atoms with Crippen LogP contribution in [0.2, 0.25) is 0 Å². The van der Waals surface area contributed by atoms with Crippen LogP contribution in [0.3, 0.4) is 0 Å². The standard InChI is InChI=1S/C12H16BrNO4/c1-14(12(16)18-9-7-15)6-8-17-11-4-2-10(13)3-5-11/h2-5,15H,6-9H2,1H3. The number of likely N-dealkylation sites (N-methyl/N-ethyl adjacent to an activating group) is 1. The second-order valence-corrected chi connectivity index (χ2v) is 4.48. The van der Waals surface area contributed by atoms with Gasteiger partial charge in [0.05, 0.1) is 13.2 Å². The molecule has 1 amide bonds. The number of aliphatic hydroxyl groups excluding tert-OH is 1. The van der Waals surface area contributed by atoms with Gasteiger partial charge in [0.1, 0.15) is 19.0 Å². The van der Waals surface area contributed by atoms with Crippen molar-refractivity contribution in [2.45, 2.75) is 0 Å². The van der Waals surface area contributed by atoms with Crippen LogP contribution in [0.15, 0.2) is 28.7 Å². The third-order valence-electron chi connectivity index (χ3n) is 2.14. The molecule has 18 heavy (non-hydrogen) atoms. The summed E-state index contributed by atoms with van der Waals surface area (Å²) < 4.78 is 11.2. The molecule has 0 bridgehead atoms. The molecular weight excluding hydrogens is 302 g/mol. The van der Waals surface area contributed by atoms with E-state index in [4.69, 9.17) is 14.6 Å². The molecule has 0 aromatic heterocycles. The van der Waals surface area contributed by atoms with Gasteiger partial charge in [-0.3, -0.25) is 0 Å². The number of hydrogen-bond donors (Lipinski definition) is 1. The van der Waals surface area contributed by atoms with Crippen molar-refractivity contribution >= 4 is 22.0 Å². The van der Waals surface area contributed by atoms with Crippen LogP contribution in [0.1, 0.15) is 0 Å². The van der Waals surface area contributed by atoms with Crippen molar-refractivity contribution in [3.8, 4) is 5.75 Å². The Morgan fingerprint density at radius 3 is 2.61 bits per heavy atom. The van der Waals surface area contributed by atoms with Gasteiger partial charge >= 0.3 is 6.09 Å². The first-order chi connectivity index (χ1) is 8.63. The highest BCUT2D eigenvalue weighted by atomic mass is 79.9. The third-order valence-corrected chi connectivity index (χ3v) is 2.67. The number of halogens is 1. The number of rotatable bonds is 6. The number of ether oxygens (including phenoxy) is 2. The maximum Gasteiger partial charge on any atom is 0.409 e. The highest BCUT2D eigenvalue weighted by molar-refractivity contribution is 9.10. The van der Waals surface area contributed by atoms with Crippen molar-refractivity contribution in [2.24, 2.45) is 0 Å². The van der Waals surface area contributed by atoms with Gasteiger partial charge in [-0.15, -0.1) is 0 Å². The quantitative estimate of drug-likeness (QED) is 0.870. The van der Waals surface area contributed by atoms with Crippen LogP contribution in [0.5, 0.6) is 5.75 Å². The van der Waals surface area contributed by atoms with Crippen molar-refractivity contribution in [3.63, 3.8) is 0 Å². The van der Waals surface area contributed by atoms with Crippen molar-refractivity contribution in [3.05, 3.63) is 28.7 Å². The fraction of sp³-hybridized carbons (Fsp3) is 0.417. The zero-order valence-corrected chi connectivity index (χ0v) is 11.7. The van der Waals surface area contributed by atoms with E-state index in [0.717, 1.165) is 10.2 Å². The van der Waals surface area contributed by atoms with Crippen molar-refractivity contribution < 1.29 is 19.4 Å². The van der Waals surface area contributed by atoms with E-state index in [1.165, 1.54) is 4.90 Å². The van der Waals surface area contributed by atoms with Crippen LogP contribution in [-0.4, -0.2) is 49.5 Å². The molecule has 0 aliphatic rings. The summed E-state index contributed by atoms with van der Waals surface area (Å²) in [6.07, 6.45) is -0.469. The summed E-state index contributed by atoms with van der Waals surface area (Å²) in [5.74, 6) is 0.746. The predicted molar refractivity (Wildman–Crippen MR) is 70.7 cm³/mol. The number of carbonyl (C=O) groups is 1. The Balaban J connectivity index is 2.24. The smallest absolute Gasteiger partial charge is 0.409 e. The van der Waals surface area contributed by atoms with Crippen molar-refractivity contribution in [1.29, 1.82) is 0 Å². The molecule has 0 spiro atoms. The molecule has 0 atom stereocenters. The lowest BCUT2D eigenvalue weighted by molar-refractivity contribution is 0.0872. The average Bonchev–Trinajstić information content (AvgIpc) is 2.38. The van der Waals surface area contributed by atoms with Crippen LogP contribution in [0, 0.1) is 0 Å². The molecule has 0 fully saturated rings. The lowest BCUT2D eigenvalue weighted by Crippen LogP contribution is -2.32. The Bertz CT molecular complexity index is 369. The van der Waals surface area contributed by atoms with Gasteiger partial charge in [-0.1, -0.05) is 15.9 Å². The summed E-state index contributed by atoms with van der Waals surface area (Å²) >= 11 is 3.33. The molecule has 1 aromatic carbocycles. The first kappa shape index (κ1) is 14.8. The normalized spacial score (nSPS) is 9.94. The van der Waals surface area contributed by atoms with E-state index >= 15 is 0 Å². The topological polar surface area (TPSA) is 59.0 Å². The first-order valence-corrected chi connectivity index (χ1v) is 6.30. The van der Waals surface area contributed by atoms with Gasteiger partial charge < -0.3 is 19.5 Å². The van der Waals surface area contributed by atoms with Crippen LogP contribution in [0.25, 0.3) is 0 Å². The second-order valence-electron chi connectivity index (χ2n) is 3.56. The number of aliphatic hydroxyl groups is 1. The van der Waals surface area contributed by atoms with Crippen LogP contribution in [0.4, 0.5) is 4.79 Å². The maximum absolute atomic E-state index is 11.3.